The Hall–Kier alpha value is -0.360. The first-order chi connectivity index (χ1) is 8.51. The average molecular weight is 292 g/mol. The molecule has 6 heteroatoms. The highest BCUT2D eigenvalue weighted by Gasteiger charge is 2.42. The maximum Gasteiger partial charge on any atom is 0.348 e. The minimum absolute atomic E-state index is 0.0201. The molecule has 18 heavy (non-hydrogen) atoms. The standard InChI is InChI=1S/C12H20O4S2/c1-7(5-17-3)9-11(13)16-10(12(14)15-9)8(2)6-18-4/h7-10H,5-6H2,1-4H3. The first-order valence-electron chi connectivity index (χ1n) is 5.90. The number of carbonyl (C=O) groups is 2. The number of rotatable bonds is 6. The third-order valence-electron chi connectivity index (χ3n) is 2.84. The third kappa shape index (κ3) is 3.82. The fraction of sp³-hybridized carbons (Fsp3) is 0.833. The number of hydrogen-bond acceptors (Lipinski definition) is 6. The number of carbonyl (C=O) groups excluding carboxylic acids is 2. The second kappa shape index (κ2) is 7.28. The Morgan fingerprint density at radius 3 is 1.56 bits per heavy atom. The van der Waals surface area contributed by atoms with Crippen LogP contribution in [0.3, 0.4) is 0 Å². The predicted molar refractivity (Wildman–Crippen MR) is 74.9 cm³/mol. The van der Waals surface area contributed by atoms with Gasteiger partial charge in [-0.1, -0.05) is 13.8 Å². The van der Waals surface area contributed by atoms with E-state index >= 15 is 0 Å². The molecule has 4 atom stereocenters. The summed E-state index contributed by atoms with van der Waals surface area (Å²) in [6.45, 7) is 3.78. The Balaban J connectivity index is 2.64. The number of esters is 2. The topological polar surface area (TPSA) is 52.6 Å². The van der Waals surface area contributed by atoms with Gasteiger partial charge in [0, 0.05) is 11.8 Å². The van der Waals surface area contributed by atoms with E-state index in [0.29, 0.717) is 0 Å². The Morgan fingerprint density at radius 1 is 0.944 bits per heavy atom. The fourth-order valence-corrected chi connectivity index (χ4v) is 3.28. The van der Waals surface area contributed by atoms with Crippen LogP contribution in [0.25, 0.3) is 0 Å². The van der Waals surface area contributed by atoms with Gasteiger partial charge in [-0.3, -0.25) is 0 Å². The average Bonchev–Trinajstić information content (AvgIpc) is 2.32. The molecule has 4 unspecified atom stereocenters. The first kappa shape index (κ1) is 15.7. The lowest BCUT2D eigenvalue weighted by molar-refractivity contribution is -0.201. The summed E-state index contributed by atoms with van der Waals surface area (Å²) in [4.78, 5) is 23.7. The van der Waals surface area contributed by atoms with Crippen LogP contribution in [0.5, 0.6) is 0 Å². The molecule has 1 saturated heterocycles. The van der Waals surface area contributed by atoms with E-state index < -0.39 is 24.1 Å². The van der Waals surface area contributed by atoms with Crippen molar-refractivity contribution in [2.75, 3.05) is 24.0 Å². The molecule has 1 fully saturated rings. The van der Waals surface area contributed by atoms with Gasteiger partial charge >= 0.3 is 11.9 Å². The van der Waals surface area contributed by atoms with Crippen molar-refractivity contribution in [2.45, 2.75) is 26.1 Å². The molecular weight excluding hydrogens is 272 g/mol. The van der Waals surface area contributed by atoms with Crippen LogP contribution in [-0.2, 0) is 19.1 Å². The van der Waals surface area contributed by atoms with Crippen molar-refractivity contribution in [1.29, 1.82) is 0 Å². The van der Waals surface area contributed by atoms with Crippen molar-refractivity contribution >= 4 is 35.5 Å². The summed E-state index contributed by atoms with van der Waals surface area (Å²) in [5.74, 6) is 0.667. The molecule has 0 radical (unpaired) electrons. The summed E-state index contributed by atoms with van der Waals surface area (Å²) in [5, 5.41) is 0. The van der Waals surface area contributed by atoms with E-state index in [4.69, 9.17) is 9.47 Å². The van der Waals surface area contributed by atoms with Gasteiger partial charge in [0.15, 0.2) is 0 Å². The van der Waals surface area contributed by atoms with Crippen molar-refractivity contribution in [2.24, 2.45) is 11.8 Å². The summed E-state index contributed by atoms with van der Waals surface area (Å²) in [6.07, 6.45) is 2.41. The molecule has 0 saturated carbocycles. The molecule has 0 amide bonds. The molecule has 1 rings (SSSR count). The Bertz CT molecular complexity index is 278. The Labute approximate surface area is 117 Å². The van der Waals surface area contributed by atoms with Crippen molar-refractivity contribution in [3.05, 3.63) is 0 Å². The Morgan fingerprint density at radius 2 is 1.28 bits per heavy atom. The second-order valence-electron chi connectivity index (χ2n) is 4.58. The molecule has 104 valence electrons. The zero-order valence-electron chi connectivity index (χ0n) is 11.2. The lowest BCUT2D eigenvalue weighted by Crippen LogP contribution is -2.49. The van der Waals surface area contributed by atoms with Crippen LogP contribution < -0.4 is 0 Å². The predicted octanol–water partition coefficient (Wildman–Crippen LogP) is 1.82. The highest BCUT2D eigenvalue weighted by Crippen LogP contribution is 2.24. The smallest absolute Gasteiger partial charge is 0.348 e. The summed E-state index contributed by atoms with van der Waals surface area (Å²) in [6, 6.07) is 0. The van der Waals surface area contributed by atoms with Crippen LogP contribution in [0.1, 0.15) is 13.8 Å². The van der Waals surface area contributed by atoms with Crippen LogP contribution >= 0.6 is 23.5 Å². The van der Waals surface area contributed by atoms with E-state index in [1.165, 1.54) is 0 Å². The quantitative estimate of drug-likeness (QED) is 0.696. The van der Waals surface area contributed by atoms with Gasteiger partial charge < -0.3 is 9.47 Å². The second-order valence-corrected chi connectivity index (χ2v) is 6.40. The minimum Gasteiger partial charge on any atom is -0.447 e. The summed E-state index contributed by atoms with van der Waals surface area (Å²) < 4.78 is 10.5. The van der Waals surface area contributed by atoms with Crippen LogP contribution in [0, 0.1) is 11.8 Å². The van der Waals surface area contributed by atoms with Gasteiger partial charge in [0.2, 0.25) is 12.2 Å². The van der Waals surface area contributed by atoms with E-state index in [1.54, 1.807) is 23.5 Å². The van der Waals surface area contributed by atoms with Crippen LogP contribution in [0.4, 0.5) is 0 Å². The maximum atomic E-state index is 11.9. The van der Waals surface area contributed by atoms with E-state index in [-0.39, 0.29) is 11.8 Å². The largest absolute Gasteiger partial charge is 0.447 e. The Kier molecular flexibility index (Phi) is 6.35. The van der Waals surface area contributed by atoms with Gasteiger partial charge in [0.1, 0.15) is 0 Å². The van der Waals surface area contributed by atoms with Gasteiger partial charge in [-0.2, -0.15) is 23.5 Å². The number of cyclic esters (lactones) is 2. The van der Waals surface area contributed by atoms with Crippen molar-refractivity contribution in [3.63, 3.8) is 0 Å². The number of hydrogen-bond donors (Lipinski definition) is 0. The molecule has 0 aromatic carbocycles. The van der Waals surface area contributed by atoms with E-state index in [2.05, 4.69) is 0 Å². The molecule has 0 bridgehead atoms. The fourth-order valence-electron chi connectivity index (χ4n) is 1.88. The van der Waals surface area contributed by atoms with Gasteiger partial charge in [0.05, 0.1) is 0 Å². The van der Waals surface area contributed by atoms with Crippen molar-refractivity contribution in [3.8, 4) is 0 Å². The zero-order valence-corrected chi connectivity index (χ0v) is 12.8. The van der Waals surface area contributed by atoms with Crippen LogP contribution in [0.2, 0.25) is 0 Å². The van der Waals surface area contributed by atoms with Gasteiger partial charge in [-0.15, -0.1) is 0 Å². The highest BCUT2D eigenvalue weighted by atomic mass is 32.2. The number of ether oxygens (including phenoxy) is 2. The molecule has 0 aliphatic carbocycles. The monoisotopic (exact) mass is 292 g/mol. The van der Waals surface area contributed by atoms with Gasteiger partial charge in [-0.05, 0) is 24.0 Å². The SMILES string of the molecule is CSCC(C)C1OC(=O)C(C(C)CSC)OC1=O. The molecule has 0 spiro atoms. The van der Waals surface area contributed by atoms with Crippen molar-refractivity contribution < 1.29 is 19.1 Å². The lowest BCUT2D eigenvalue weighted by atomic mass is 10.0. The van der Waals surface area contributed by atoms with Gasteiger partial charge in [-0.25, -0.2) is 9.59 Å². The first-order valence-corrected chi connectivity index (χ1v) is 8.68. The van der Waals surface area contributed by atoms with Crippen LogP contribution in [0.15, 0.2) is 0 Å². The summed E-state index contributed by atoms with van der Waals surface area (Å²) in [7, 11) is 0. The van der Waals surface area contributed by atoms with Gasteiger partial charge in [0.25, 0.3) is 0 Å². The summed E-state index contributed by atoms with van der Waals surface area (Å²) >= 11 is 3.24. The third-order valence-corrected chi connectivity index (χ3v) is 4.56. The molecule has 0 N–H and O–H groups in total. The molecule has 4 nitrogen and oxygen atoms in total. The van der Waals surface area contributed by atoms with E-state index in [1.807, 2.05) is 26.4 Å². The maximum absolute atomic E-state index is 11.9. The molecule has 0 aromatic heterocycles. The van der Waals surface area contributed by atoms with Crippen LogP contribution in [-0.4, -0.2) is 48.2 Å². The van der Waals surface area contributed by atoms with Crippen molar-refractivity contribution in [1.82, 2.24) is 0 Å². The normalized spacial score (nSPS) is 27.3. The minimum atomic E-state index is -0.748. The highest BCUT2D eigenvalue weighted by molar-refractivity contribution is 7.98. The summed E-state index contributed by atoms with van der Waals surface area (Å²) in [5.41, 5.74) is 0. The lowest BCUT2D eigenvalue weighted by Gasteiger charge is -2.32. The van der Waals surface area contributed by atoms with E-state index in [9.17, 15) is 9.59 Å². The molecule has 1 aliphatic rings. The van der Waals surface area contributed by atoms with E-state index in [0.717, 1.165) is 11.5 Å². The molecule has 1 heterocycles. The molecular formula is C12H20O4S2. The number of thioether (sulfide) groups is 2. The molecule has 0 aromatic rings. The zero-order chi connectivity index (χ0) is 13.7. The molecule has 1 aliphatic heterocycles.